The number of carbonyl (C=O) groups is 3. The van der Waals surface area contributed by atoms with Crippen LogP contribution in [0, 0.1) is 18.6 Å². The second kappa shape index (κ2) is 13.3. The summed E-state index contributed by atoms with van der Waals surface area (Å²) in [6, 6.07) is 15.6. The summed E-state index contributed by atoms with van der Waals surface area (Å²) in [6.45, 7) is 4.69. The predicted octanol–water partition coefficient (Wildman–Crippen LogP) is 7.00. The Labute approximate surface area is 282 Å². The maximum atomic E-state index is 14.1. The number of para-hydroxylation sites is 1. The Morgan fingerprint density at radius 3 is 2.40 bits per heavy atom. The van der Waals surface area contributed by atoms with Crippen molar-refractivity contribution in [2.24, 2.45) is 0 Å². The number of anilines is 4. The number of fused-ring (bicyclic) bond motifs is 3. The molecule has 5 heterocycles. The Morgan fingerprint density at radius 2 is 1.65 bits per heavy atom. The van der Waals surface area contributed by atoms with Gasteiger partial charge in [0, 0.05) is 37.1 Å². The molecule has 0 saturated carbocycles. The van der Waals surface area contributed by atoms with Crippen molar-refractivity contribution in [3.8, 4) is 9.75 Å². The number of pyridine rings is 1. The van der Waals surface area contributed by atoms with Gasteiger partial charge in [0.1, 0.15) is 23.1 Å². The van der Waals surface area contributed by atoms with Crippen molar-refractivity contribution < 1.29 is 27.9 Å². The average Bonchev–Trinajstić information content (AvgIpc) is 3.72. The average molecular weight is 686 g/mol. The second-order valence-electron chi connectivity index (χ2n) is 11.4. The minimum Gasteiger partial charge on any atom is -0.378 e. The van der Waals surface area contributed by atoms with E-state index in [9.17, 15) is 23.2 Å². The molecule has 1 saturated heterocycles. The lowest BCUT2D eigenvalue weighted by atomic mass is 10.1. The molecule has 244 valence electrons. The molecule has 0 radical (unpaired) electrons. The lowest BCUT2D eigenvalue weighted by Crippen LogP contribution is -2.38. The third-order valence-corrected chi connectivity index (χ3v) is 10.4. The molecular weight excluding hydrogens is 657 g/mol. The highest BCUT2D eigenvalue weighted by molar-refractivity contribution is 7.23. The van der Waals surface area contributed by atoms with Crippen LogP contribution in [0.2, 0.25) is 0 Å². The highest BCUT2D eigenvalue weighted by Gasteiger charge is 2.29. The largest absolute Gasteiger partial charge is 0.378 e. The number of aryl methyl sites for hydroxylation is 1. The number of morpholine rings is 1. The molecule has 3 amide bonds. The van der Waals surface area contributed by atoms with E-state index in [1.807, 2.05) is 29.3 Å². The van der Waals surface area contributed by atoms with E-state index in [4.69, 9.17) is 4.74 Å². The number of carbonyl (C=O) groups excluding carboxylic acids is 3. The van der Waals surface area contributed by atoms with Gasteiger partial charge < -0.3 is 25.2 Å². The Morgan fingerprint density at radius 1 is 0.896 bits per heavy atom. The highest BCUT2D eigenvalue weighted by Crippen LogP contribution is 2.45. The molecule has 2 aliphatic heterocycles. The van der Waals surface area contributed by atoms with Crippen LogP contribution >= 0.6 is 22.7 Å². The van der Waals surface area contributed by atoms with Gasteiger partial charge in [-0.3, -0.25) is 14.4 Å². The molecule has 7 rings (SSSR count). The van der Waals surface area contributed by atoms with Crippen molar-refractivity contribution in [2.75, 3.05) is 53.3 Å². The van der Waals surface area contributed by atoms with Gasteiger partial charge in [0.25, 0.3) is 17.7 Å². The molecule has 0 aliphatic carbocycles. The summed E-state index contributed by atoms with van der Waals surface area (Å²) in [5.74, 6) is -2.19. The van der Waals surface area contributed by atoms with Crippen LogP contribution in [0.25, 0.3) is 9.75 Å². The maximum absolute atomic E-state index is 14.1. The summed E-state index contributed by atoms with van der Waals surface area (Å²) in [5.41, 5.74) is 3.44. The van der Waals surface area contributed by atoms with E-state index in [1.165, 1.54) is 28.7 Å². The molecule has 1 fully saturated rings. The quantitative estimate of drug-likeness (QED) is 0.200. The van der Waals surface area contributed by atoms with Gasteiger partial charge in [-0.05, 0) is 84.4 Å². The van der Waals surface area contributed by atoms with Crippen molar-refractivity contribution >= 4 is 63.3 Å². The number of nitrogens with zero attached hydrogens (tertiary/aromatic N) is 3. The summed E-state index contributed by atoms with van der Waals surface area (Å²) < 4.78 is 33.7. The lowest BCUT2D eigenvalue weighted by Gasteiger charge is -2.29. The topological polar surface area (TPSA) is 104 Å². The van der Waals surface area contributed by atoms with Crippen molar-refractivity contribution in [2.45, 2.75) is 13.3 Å². The van der Waals surface area contributed by atoms with E-state index >= 15 is 0 Å². The van der Waals surface area contributed by atoms with Gasteiger partial charge in [-0.2, -0.15) is 0 Å². The van der Waals surface area contributed by atoms with Gasteiger partial charge in [0.2, 0.25) is 0 Å². The van der Waals surface area contributed by atoms with Crippen LogP contribution in [0.3, 0.4) is 0 Å². The predicted molar refractivity (Wildman–Crippen MR) is 184 cm³/mol. The first kappa shape index (κ1) is 31.6. The van der Waals surface area contributed by atoms with Gasteiger partial charge in [-0.1, -0.05) is 6.07 Å². The van der Waals surface area contributed by atoms with E-state index in [0.717, 1.165) is 38.7 Å². The van der Waals surface area contributed by atoms with Crippen LogP contribution in [0.1, 0.15) is 41.5 Å². The van der Waals surface area contributed by atoms with Crippen LogP contribution in [0.5, 0.6) is 0 Å². The SMILES string of the molecule is Cc1cnc(N2CCOCC2)c(C(=O)Nc2ccc(C(=O)N3CCc4cc(C(=O)Nc5c(F)cccc5F)sc4-c4sccc43)cc2)c1. The maximum Gasteiger partial charge on any atom is 0.265 e. The number of halogens is 2. The molecule has 3 aromatic heterocycles. The minimum atomic E-state index is -0.854. The summed E-state index contributed by atoms with van der Waals surface area (Å²) in [7, 11) is 0. The molecule has 13 heteroatoms. The highest BCUT2D eigenvalue weighted by atomic mass is 32.1. The van der Waals surface area contributed by atoms with E-state index in [1.54, 1.807) is 41.4 Å². The normalized spacial score (nSPS) is 14.1. The van der Waals surface area contributed by atoms with Crippen LogP contribution in [-0.2, 0) is 11.2 Å². The number of thiophene rings is 2. The zero-order valence-electron chi connectivity index (χ0n) is 25.7. The minimum absolute atomic E-state index is 0.201. The number of hydrogen-bond donors (Lipinski definition) is 2. The Bertz CT molecular complexity index is 2020. The fourth-order valence-electron chi connectivity index (χ4n) is 5.77. The molecule has 0 spiro atoms. The standard InChI is InChI=1S/C35H29F2N5O4S2/c1-20-17-24(32(38-19-20)41-12-14-46-15-13-41)33(43)39-23-7-5-21(6-8-23)35(45)42-11-9-22-18-28(48-30(22)31-27(42)10-16-47-31)34(44)40-29-25(36)3-2-4-26(29)37/h2-8,10,16-19H,9,11-15H2,1H3,(H,39,43)(H,40,44). The molecule has 0 unspecified atom stereocenters. The third kappa shape index (κ3) is 6.19. The number of aromatic nitrogens is 1. The van der Waals surface area contributed by atoms with Crippen molar-refractivity contribution in [3.05, 3.63) is 111 Å². The van der Waals surface area contributed by atoms with Crippen molar-refractivity contribution in [1.82, 2.24) is 4.98 Å². The monoisotopic (exact) mass is 685 g/mol. The number of amides is 3. The Kier molecular flexibility index (Phi) is 8.73. The van der Waals surface area contributed by atoms with Gasteiger partial charge in [-0.15, -0.1) is 22.7 Å². The molecule has 2 aliphatic rings. The Balaban J connectivity index is 1.07. The molecule has 2 N–H and O–H groups in total. The van der Waals surface area contributed by atoms with Crippen molar-refractivity contribution in [3.63, 3.8) is 0 Å². The summed E-state index contributed by atoms with van der Waals surface area (Å²) in [6.07, 6.45) is 2.22. The zero-order chi connectivity index (χ0) is 33.4. The van der Waals surface area contributed by atoms with Gasteiger partial charge >= 0.3 is 0 Å². The number of hydrogen-bond acceptors (Lipinski definition) is 8. The second-order valence-corrected chi connectivity index (χ2v) is 13.3. The molecular formula is C35H29F2N5O4S2. The van der Waals surface area contributed by atoms with Gasteiger partial charge in [0.05, 0.1) is 39.1 Å². The fraction of sp³-hybridized carbons (Fsp3) is 0.200. The number of rotatable bonds is 6. The summed E-state index contributed by atoms with van der Waals surface area (Å²) in [4.78, 5) is 50.5. The third-order valence-electron chi connectivity index (χ3n) is 8.17. The van der Waals surface area contributed by atoms with Crippen LogP contribution in [0.4, 0.5) is 31.7 Å². The Hall–Kier alpha value is -4.98. The number of benzene rings is 2. The fourth-order valence-corrected chi connectivity index (χ4v) is 7.96. The molecule has 5 aromatic rings. The first-order valence-electron chi connectivity index (χ1n) is 15.3. The van der Waals surface area contributed by atoms with Crippen LogP contribution < -0.4 is 20.4 Å². The molecule has 9 nitrogen and oxygen atoms in total. The van der Waals surface area contributed by atoms with Gasteiger partial charge in [-0.25, -0.2) is 13.8 Å². The molecule has 0 atom stereocenters. The van der Waals surface area contributed by atoms with E-state index in [2.05, 4.69) is 15.6 Å². The molecule has 0 bridgehead atoms. The van der Waals surface area contributed by atoms with Crippen LogP contribution in [0.15, 0.2) is 72.2 Å². The summed E-state index contributed by atoms with van der Waals surface area (Å²) >= 11 is 2.68. The lowest BCUT2D eigenvalue weighted by molar-refractivity contribution is 0.0985. The smallest absolute Gasteiger partial charge is 0.265 e. The number of ether oxygens (including phenoxy) is 1. The summed E-state index contributed by atoms with van der Waals surface area (Å²) in [5, 5.41) is 7.19. The zero-order valence-corrected chi connectivity index (χ0v) is 27.4. The van der Waals surface area contributed by atoms with Crippen molar-refractivity contribution in [1.29, 1.82) is 0 Å². The number of nitrogens with one attached hydrogen (secondary N) is 2. The van der Waals surface area contributed by atoms with E-state index < -0.39 is 23.2 Å². The van der Waals surface area contributed by atoms with E-state index in [-0.39, 0.29) is 11.8 Å². The molecule has 2 aromatic carbocycles. The van der Waals surface area contributed by atoms with Gasteiger partial charge in [0.15, 0.2) is 0 Å². The van der Waals surface area contributed by atoms with Crippen LogP contribution in [-0.4, -0.2) is 55.6 Å². The molecule has 48 heavy (non-hydrogen) atoms. The van der Waals surface area contributed by atoms with E-state index in [0.29, 0.717) is 66.8 Å². The first-order valence-corrected chi connectivity index (χ1v) is 16.9. The first-order chi connectivity index (χ1) is 23.3.